The summed E-state index contributed by atoms with van der Waals surface area (Å²) in [5.74, 6) is -1.24. The maximum absolute atomic E-state index is 12.6. The first-order valence-corrected chi connectivity index (χ1v) is 12.0. The van der Waals surface area contributed by atoms with E-state index in [0.717, 1.165) is 11.1 Å². The first kappa shape index (κ1) is 29.3. The van der Waals surface area contributed by atoms with E-state index in [9.17, 15) is 14.4 Å². The highest BCUT2D eigenvalue weighted by Gasteiger charge is 2.31. The zero-order valence-corrected chi connectivity index (χ0v) is 21.8. The molecule has 2 aromatic rings. The molecular formula is C29H36N2O6. The number of hydrogen-bond donors (Lipinski definition) is 1. The summed E-state index contributed by atoms with van der Waals surface area (Å²) in [5, 5.41) is 2.66. The molecule has 0 aromatic heterocycles. The Morgan fingerprint density at radius 3 is 1.62 bits per heavy atom. The van der Waals surface area contributed by atoms with Gasteiger partial charge in [-0.25, -0.2) is 14.4 Å². The van der Waals surface area contributed by atoms with Crippen LogP contribution in [-0.4, -0.2) is 54.8 Å². The lowest BCUT2D eigenvalue weighted by atomic mass is 10.1. The second-order valence-corrected chi connectivity index (χ2v) is 9.22. The molecule has 0 heterocycles. The van der Waals surface area contributed by atoms with Crippen molar-refractivity contribution in [3.63, 3.8) is 0 Å². The van der Waals surface area contributed by atoms with Crippen LogP contribution in [0.25, 0.3) is 0 Å². The van der Waals surface area contributed by atoms with Gasteiger partial charge in [-0.1, -0.05) is 73.8 Å². The van der Waals surface area contributed by atoms with Crippen molar-refractivity contribution in [2.24, 2.45) is 0 Å². The Labute approximate surface area is 218 Å². The van der Waals surface area contributed by atoms with E-state index in [1.54, 1.807) is 6.92 Å². The van der Waals surface area contributed by atoms with E-state index < -0.39 is 23.6 Å². The van der Waals surface area contributed by atoms with Gasteiger partial charge in [0.2, 0.25) is 0 Å². The van der Waals surface area contributed by atoms with Gasteiger partial charge in [-0.2, -0.15) is 0 Å². The summed E-state index contributed by atoms with van der Waals surface area (Å²) >= 11 is 0. The van der Waals surface area contributed by atoms with Crippen molar-refractivity contribution in [3.8, 4) is 0 Å². The number of ether oxygens (including phenoxy) is 3. The highest BCUT2D eigenvalue weighted by atomic mass is 16.6. The molecule has 1 amide bonds. The third kappa shape index (κ3) is 11.1. The van der Waals surface area contributed by atoms with Crippen LogP contribution < -0.4 is 5.32 Å². The van der Waals surface area contributed by atoms with Crippen LogP contribution in [0.15, 0.2) is 85.0 Å². The lowest BCUT2D eigenvalue weighted by Gasteiger charge is -2.29. The average molecular weight is 509 g/mol. The fourth-order valence-corrected chi connectivity index (χ4v) is 3.26. The predicted molar refractivity (Wildman–Crippen MR) is 141 cm³/mol. The smallest absolute Gasteiger partial charge is 0.407 e. The number of carbonyl (C=O) groups is 3. The van der Waals surface area contributed by atoms with Crippen LogP contribution in [0.2, 0.25) is 0 Å². The molecule has 8 heteroatoms. The van der Waals surface area contributed by atoms with Gasteiger partial charge in [0.15, 0.2) is 0 Å². The van der Waals surface area contributed by atoms with Crippen molar-refractivity contribution in [1.29, 1.82) is 0 Å². The SMILES string of the molecule is C=C(C)C(=O)OCC(C)(COC(=O)C(=C)C)NC(=O)OCCN(Cc1ccccc1)Cc1ccccc1. The van der Waals surface area contributed by atoms with Gasteiger partial charge in [-0.3, -0.25) is 4.90 Å². The monoisotopic (exact) mass is 508 g/mol. The summed E-state index contributed by atoms with van der Waals surface area (Å²) in [5.41, 5.74) is 1.49. The van der Waals surface area contributed by atoms with Crippen molar-refractivity contribution in [1.82, 2.24) is 10.2 Å². The molecule has 0 spiro atoms. The summed E-state index contributed by atoms with van der Waals surface area (Å²) in [6.45, 7) is 13.2. The van der Waals surface area contributed by atoms with Crippen LogP contribution in [0.1, 0.15) is 31.9 Å². The van der Waals surface area contributed by atoms with Gasteiger partial charge in [0, 0.05) is 30.8 Å². The maximum atomic E-state index is 12.6. The Kier molecular flexibility index (Phi) is 11.6. The second kappa shape index (κ2) is 14.6. The highest BCUT2D eigenvalue weighted by molar-refractivity contribution is 5.87. The van der Waals surface area contributed by atoms with E-state index in [0.29, 0.717) is 19.6 Å². The average Bonchev–Trinajstić information content (AvgIpc) is 2.87. The van der Waals surface area contributed by atoms with Crippen molar-refractivity contribution in [2.45, 2.75) is 39.4 Å². The van der Waals surface area contributed by atoms with Gasteiger partial charge in [0.1, 0.15) is 25.4 Å². The number of nitrogens with zero attached hydrogens (tertiary/aromatic N) is 1. The number of carbonyl (C=O) groups excluding carboxylic acids is 3. The van der Waals surface area contributed by atoms with E-state index in [-0.39, 0.29) is 31.0 Å². The largest absolute Gasteiger partial charge is 0.460 e. The lowest BCUT2D eigenvalue weighted by Crippen LogP contribution is -2.54. The Morgan fingerprint density at radius 1 is 0.784 bits per heavy atom. The maximum Gasteiger partial charge on any atom is 0.407 e. The molecule has 0 fully saturated rings. The molecular weight excluding hydrogens is 472 g/mol. The van der Waals surface area contributed by atoms with Crippen molar-refractivity contribution < 1.29 is 28.6 Å². The lowest BCUT2D eigenvalue weighted by molar-refractivity contribution is -0.145. The molecule has 1 N–H and O–H groups in total. The minimum absolute atomic E-state index is 0.124. The molecule has 0 radical (unpaired) electrons. The summed E-state index contributed by atoms with van der Waals surface area (Å²) in [4.78, 5) is 38.6. The molecule has 0 saturated carbocycles. The van der Waals surface area contributed by atoms with Gasteiger partial charge in [0.05, 0.1) is 0 Å². The van der Waals surface area contributed by atoms with Crippen LogP contribution >= 0.6 is 0 Å². The van der Waals surface area contributed by atoms with Crippen LogP contribution in [0, 0.1) is 0 Å². The minimum Gasteiger partial charge on any atom is -0.460 e. The zero-order valence-electron chi connectivity index (χ0n) is 21.8. The van der Waals surface area contributed by atoms with E-state index >= 15 is 0 Å². The zero-order chi connectivity index (χ0) is 27.3. The van der Waals surface area contributed by atoms with Gasteiger partial charge < -0.3 is 19.5 Å². The molecule has 0 bridgehead atoms. The third-order valence-corrected chi connectivity index (χ3v) is 5.28. The Balaban J connectivity index is 1.98. The molecule has 0 aliphatic carbocycles. The highest BCUT2D eigenvalue weighted by Crippen LogP contribution is 2.12. The number of rotatable bonds is 14. The van der Waals surface area contributed by atoms with Crippen LogP contribution in [0.5, 0.6) is 0 Å². The first-order chi connectivity index (χ1) is 17.6. The van der Waals surface area contributed by atoms with Gasteiger partial charge in [0.25, 0.3) is 0 Å². The van der Waals surface area contributed by atoms with E-state index in [1.807, 2.05) is 36.4 Å². The van der Waals surface area contributed by atoms with Gasteiger partial charge in [-0.05, 0) is 31.9 Å². The molecule has 0 saturated heterocycles. The molecule has 198 valence electrons. The summed E-state index contributed by atoms with van der Waals surface area (Å²) < 4.78 is 15.9. The van der Waals surface area contributed by atoms with E-state index in [4.69, 9.17) is 14.2 Å². The predicted octanol–water partition coefficient (Wildman–Crippen LogP) is 4.41. The molecule has 2 rings (SSSR count). The number of nitrogens with one attached hydrogen (secondary N) is 1. The fourth-order valence-electron chi connectivity index (χ4n) is 3.26. The molecule has 8 nitrogen and oxygen atoms in total. The minimum atomic E-state index is -1.22. The topological polar surface area (TPSA) is 94.2 Å². The molecule has 2 aromatic carbocycles. The quantitative estimate of drug-likeness (QED) is 0.229. The molecule has 0 aliphatic rings. The van der Waals surface area contributed by atoms with E-state index in [1.165, 1.54) is 13.8 Å². The number of amides is 1. The van der Waals surface area contributed by atoms with Crippen molar-refractivity contribution in [3.05, 3.63) is 96.1 Å². The summed E-state index contributed by atoms with van der Waals surface area (Å²) in [7, 11) is 0. The Hall–Kier alpha value is -3.91. The second-order valence-electron chi connectivity index (χ2n) is 9.22. The summed E-state index contributed by atoms with van der Waals surface area (Å²) in [6.07, 6.45) is -0.723. The number of hydrogen-bond acceptors (Lipinski definition) is 7. The van der Waals surface area contributed by atoms with Crippen LogP contribution in [0.4, 0.5) is 4.79 Å². The van der Waals surface area contributed by atoms with Crippen molar-refractivity contribution in [2.75, 3.05) is 26.4 Å². The number of esters is 2. The Bertz CT molecular complexity index is 997. The van der Waals surface area contributed by atoms with Crippen LogP contribution in [0.3, 0.4) is 0 Å². The third-order valence-electron chi connectivity index (χ3n) is 5.28. The van der Waals surface area contributed by atoms with Gasteiger partial charge >= 0.3 is 18.0 Å². The standard InChI is InChI=1S/C29H36N2O6/c1-22(2)26(32)36-20-29(5,21-37-27(33)23(3)4)30-28(34)35-17-16-31(18-24-12-8-6-9-13-24)19-25-14-10-7-11-15-25/h6-15H,1,3,16-21H2,2,4-5H3,(H,30,34). The first-order valence-electron chi connectivity index (χ1n) is 12.0. The molecule has 0 unspecified atom stereocenters. The number of alkyl carbamates (subject to hydrolysis) is 1. The molecule has 0 aliphatic heterocycles. The fraction of sp³-hybridized carbons (Fsp3) is 0.345. The van der Waals surface area contributed by atoms with Crippen LogP contribution in [-0.2, 0) is 36.9 Å². The van der Waals surface area contributed by atoms with E-state index in [2.05, 4.69) is 47.6 Å². The molecule has 0 atom stereocenters. The van der Waals surface area contributed by atoms with Gasteiger partial charge in [-0.15, -0.1) is 0 Å². The molecule has 37 heavy (non-hydrogen) atoms. The number of benzene rings is 2. The van der Waals surface area contributed by atoms with Crippen molar-refractivity contribution >= 4 is 18.0 Å². The normalized spacial score (nSPS) is 10.9. The summed E-state index contributed by atoms with van der Waals surface area (Å²) in [6, 6.07) is 20.1. The Morgan fingerprint density at radius 2 is 1.22 bits per heavy atom.